The summed E-state index contributed by atoms with van der Waals surface area (Å²) >= 11 is 0. The highest BCUT2D eigenvalue weighted by Crippen LogP contribution is 2.24. The van der Waals surface area contributed by atoms with Gasteiger partial charge >= 0.3 is 14.1 Å². The Labute approximate surface area is 113 Å². The van der Waals surface area contributed by atoms with E-state index in [1.807, 2.05) is 18.2 Å². The van der Waals surface area contributed by atoms with Crippen molar-refractivity contribution in [3.05, 3.63) is 35.9 Å². The van der Waals surface area contributed by atoms with Crippen molar-refractivity contribution in [2.24, 2.45) is 0 Å². The lowest BCUT2D eigenvalue weighted by Crippen LogP contribution is -2.35. The molecule has 19 heavy (non-hydrogen) atoms. The number of hydrogen-bond donors (Lipinski definition) is 2. The Morgan fingerprint density at radius 1 is 1.37 bits per heavy atom. The van der Waals surface area contributed by atoms with Crippen LogP contribution in [0.4, 0.5) is 4.79 Å². The fourth-order valence-corrected chi connectivity index (χ4v) is 2.14. The first kappa shape index (κ1) is 15.6. The second-order valence-corrected chi connectivity index (χ2v) is 6.21. The van der Waals surface area contributed by atoms with E-state index in [-0.39, 0.29) is 6.16 Å². The molecular weight excluding hydrogens is 265 g/mol. The van der Waals surface area contributed by atoms with Crippen molar-refractivity contribution in [3.8, 4) is 0 Å². The highest BCUT2D eigenvalue weighted by Gasteiger charge is 2.26. The number of nitrogens with one attached hydrogen (secondary N) is 1. The Hall–Kier alpha value is -1.45. The van der Waals surface area contributed by atoms with E-state index in [9.17, 15) is 9.36 Å². The maximum atomic E-state index is 11.7. The van der Waals surface area contributed by atoms with Gasteiger partial charge in [-0.2, -0.15) is 4.89 Å². The minimum atomic E-state index is -2.35. The molecule has 5 nitrogen and oxygen atoms in total. The third kappa shape index (κ3) is 6.32. The van der Waals surface area contributed by atoms with Gasteiger partial charge in [0.05, 0.1) is 0 Å². The van der Waals surface area contributed by atoms with Gasteiger partial charge in [-0.05, 0) is 30.9 Å². The van der Waals surface area contributed by atoms with Crippen LogP contribution in [-0.2, 0) is 9.30 Å². The maximum Gasteiger partial charge on any atom is 0.508 e. The monoisotopic (exact) mass is 284 g/mol. The van der Waals surface area contributed by atoms with E-state index < -0.39 is 25.8 Å². The quantitative estimate of drug-likeness (QED) is 0.833. The number of alkyl carbamates (subject to hydrolysis) is 1. The molecule has 0 aliphatic heterocycles. The molecule has 0 aliphatic carbocycles. The Bertz CT molecular complexity index is 442. The van der Waals surface area contributed by atoms with Crippen molar-refractivity contribution in [1.29, 1.82) is 0 Å². The van der Waals surface area contributed by atoms with Gasteiger partial charge in [0.2, 0.25) is 6.16 Å². The topological polar surface area (TPSA) is 75.6 Å². The highest BCUT2D eigenvalue weighted by atomic mass is 31.1. The lowest BCUT2D eigenvalue weighted by Gasteiger charge is -2.22. The van der Waals surface area contributed by atoms with Gasteiger partial charge < -0.3 is 10.1 Å². The summed E-state index contributed by atoms with van der Waals surface area (Å²) in [5.41, 5.74) is 0.165. The van der Waals surface area contributed by atoms with Crippen molar-refractivity contribution < 1.29 is 19.0 Å². The van der Waals surface area contributed by atoms with Crippen molar-refractivity contribution >= 4 is 14.1 Å². The average Bonchev–Trinajstić information content (AvgIpc) is 2.26. The van der Waals surface area contributed by atoms with E-state index in [0.717, 1.165) is 5.56 Å². The van der Waals surface area contributed by atoms with E-state index in [2.05, 4.69) is 5.32 Å². The van der Waals surface area contributed by atoms with Crippen molar-refractivity contribution in [1.82, 2.24) is 5.32 Å². The van der Waals surface area contributed by atoms with Crippen LogP contribution in [0.2, 0.25) is 0 Å². The Morgan fingerprint density at radius 2 is 1.95 bits per heavy atom. The number of amides is 1. The predicted molar refractivity (Wildman–Crippen MR) is 73.2 cm³/mol. The molecule has 0 spiro atoms. The van der Waals surface area contributed by atoms with Crippen molar-refractivity contribution in [3.63, 3.8) is 0 Å². The normalized spacial score (nSPS) is 13.6. The van der Waals surface area contributed by atoms with Crippen LogP contribution >= 0.6 is 8.03 Å². The Balaban J connectivity index is 2.76. The summed E-state index contributed by atoms with van der Waals surface area (Å²) in [7, 11) is -2.35. The molecule has 1 aromatic rings. The largest absolute Gasteiger partial charge is 0.508 e. The summed E-state index contributed by atoms with van der Waals surface area (Å²) in [5, 5.41) is 2.62. The Kier molecular flexibility index (Phi) is 5.45. The number of benzene rings is 1. The molecular formula is C13H19NO4P+. The molecule has 1 aromatic carbocycles. The van der Waals surface area contributed by atoms with Gasteiger partial charge in [-0.3, -0.25) is 0 Å². The summed E-state index contributed by atoms with van der Waals surface area (Å²) in [6.45, 7) is 5.28. The number of rotatable bonds is 4. The third-order valence-corrected chi connectivity index (χ3v) is 2.91. The molecule has 0 aromatic heterocycles. The molecule has 0 fully saturated rings. The van der Waals surface area contributed by atoms with Gasteiger partial charge in [0.15, 0.2) is 0 Å². The first-order valence-electron chi connectivity index (χ1n) is 5.96. The van der Waals surface area contributed by atoms with E-state index in [1.54, 1.807) is 32.9 Å². The van der Waals surface area contributed by atoms with Crippen LogP contribution in [0.3, 0.4) is 0 Å². The zero-order valence-corrected chi connectivity index (χ0v) is 12.2. The van der Waals surface area contributed by atoms with Crippen LogP contribution in [0.15, 0.2) is 30.3 Å². The minimum Gasteiger partial charge on any atom is -0.444 e. The molecule has 1 rings (SSSR count). The maximum absolute atomic E-state index is 11.7. The van der Waals surface area contributed by atoms with Gasteiger partial charge in [-0.1, -0.05) is 30.3 Å². The standard InChI is InChI=1S/C13H18NO4P/c1-13(2,3)18-12(15)14-11(9-19(16)17)10-7-5-4-6-8-10/h4-8,11H,9H2,1-3H3,(H-,14,15,16,17)/p+1. The Morgan fingerprint density at radius 3 is 2.42 bits per heavy atom. The second-order valence-electron chi connectivity index (χ2n) is 5.14. The lowest BCUT2D eigenvalue weighted by molar-refractivity contribution is 0.0508. The fraction of sp³-hybridized carbons (Fsp3) is 0.462. The predicted octanol–water partition coefficient (Wildman–Crippen LogP) is 2.99. The number of ether oxygens (including phenoxy) is 1. The summed E-state index contributed by atoms with van der Waals surface area (Å²) in [4.78, 5) is 20.8. The van der Waals surface area contributed by atoms with E-state index >= 15 is 0 Å². The number of hydrogen-bond acceptors (Lipinski definition) is 3. The van der Waals surface area contributed by atoms with Crippen LogP contribution in [0.1, 0.15) is 32.4 Å². The van der Waals surface area contributed by atoms with Gasteiger partial charge in [0.25, 0.3) is 0 Å². The molecule has 0 saturated heterocycles. The third-order valence-electron chi connectivity index (χ3n) is 2.23. The smallest absolute Gasteiger partial charge is 0.444 e. The fourth-order valence-electron chi connectivity index (χ4n) is 1.53. The molecule has 0 radical (unpaired) electrons. The van der Waals surface area contributed by atoms with Gasteiger partial charge in [0, 0.05) is 0 Å². The van der Waals surface area contributed by atoms with Crippen LogP contribution in [0.25, 0.3) is 0 Å². The van der Waals surface area contributed by atoms with E-state index in [4.69, 9.17) is 9.63 Å². The molecule has 2 atom stereocenters. The summed E-state index contributed by atoms with van der Waals surface area (Å²) in [5.74, 6) is 0. The molecule has 0 saturated carbocycles. The molecule has 2 unspecified atom stereocenters. The van der Waals surface area contributed by atoms with Crippen LogP contribution in [0, 0.1) is 0 Å². The van der Waals surface area contributed by atoms with Crippen LogP contribution in [0.5, 0.6) is 0 Å². The molecule has 6 heteroatoms. The highest BCUT2D eigenvalue weighted by molar-refractivity contribution is 7.38. The molecule has 2 N–H and O–H groups in total. The molecule has 0 aliphatic rings. The zero-order chi connectivity index (χ0) is 14.5. The molecule has 104 valence electrons. The molecule has 0 heterocycles. The van der Waals surface area contributed by atoms with Crippen molar-refractivity contribution in [2.45, 2.75) is 32.4 Å². The van der Waals surface area contributed by atoms with Gasteiger partial charge in [-0.25, -0.2) is 4.79 Å². The van der Waals surface area contributed by atoms with E-state index in [0.29, 0.717) is 0 Å². The molecule has 1 amide bonds. The van der Waals surface area contributed by atoms with E-state index in [1.165, 1.54) is 0 Å². The average molecular weight is 284 g/mol. The number of carbonyl (C=O) groups excluding carboxylic acids is 1. The number of carbonyl (C=O) groups is 1. The van der Waals surface area contributed by atoms with Crippen LogP contribution in [-0.4, -0.2) is 22.7 Å². The molecule has 0 bridgehead atoms. The van der Waals surface area contributed by atoms with Crippen LogP contribution < -0.4 is 5.32 Å². The zero-order valence-electron chi connectivity index (χ0n) is 11.3. The lowest BCUT2D eigenvalue weighted by atomic mass is 10.1. The van der Waals surface area contributed by atoms with Crippen molar-refractivity contribution in [2.75, 3.05) is 6.16 Å². The van der Waals surface area contributed by atoms with Gasteiger partial charge in [0.1, 0.15) is 11.6 Å². The summed E-state index contributed by atoms with van der Waals surface area (Å²) in [6, 6.07) is 8.51. The summed E-state index contributed by atoms with van der Waals surface area (Å²) in [6.07, 6.45) is -0.642. The summed E-state index contributed by atoms with van der Waals surface area (Å²) < 4.78 is 16.2. The van der Waals surface area contributed by atoms with Gasteiger partial charge in [-0.15, -0.1) is 0 Å². The minimum absolute atomic E-state index is 0.0431. The first-order chi connectivity index (χ1) is 8.78. The second kappa shape index (κ2) is 6.64. The SMILES string of the molecule is CC(C)(C)OC(=O)NC(C[P+](=O)O)c1ccccc1. The first-order valence-corrected chi connectivity index (χ1v) is 7.36.